The molecule has 0 amide bonds. The molecule has 2 nitrogen and oxygen atoms in total. The molecule has 8 rings (SSSR count). The molecule has 0 fully saturated rings. The minimum absolute atomic E-state index is 0.776. The highest BCUT2D eigenvalue weighted by atomic mass is 17.2. The standard InChI is InChI=1S/C42H34O2/c1-27-9-7-11-29(21-27)23-33-17-19-37-35-15-5-3-13-31(35)25-39(37)41(33)43-44-42-34(24-30-12-8-10-28(2)22-30)18-20-38-36-16-6-4-14-32(36)26-40(38)42/h3-22H,23-26H2,1-2H3. The first-order chi connectivity index (χ1) is 21.6. The summed E-state index contributed by atoms with van der Waals surface area (Å²) in [5, 5.41) is 0. The van der Waals surface area contributed by atoms with Crippen LogP contribution in [0, 0.1) is 13.8 Å². The van der Waals surface area contributed by atoms with E-state index < -0.39 is 0 Å². The number of hydrogen-bond acceptors (Lipinski definition) is 2. The van der Waals surface area contributed by atoms with Gasteiger partial charge in [0.15, 0.2) is 11.5 Å². The van der Waals surface area contributed by atoms with E-state index >= 15 is 0 Å². The van der Waals surface area contributed by atoms with Crippen molar-refractivity contribution >= 4 is 0 Å². The molecule has 0 atom stereocenters. The summed E-state index contributed by atoms with van der Waals surface area (Å²) in [6.07, 6.45) is 3.22. The van der Waals surface area contributed by atoms with Crippen molar-refractivity contribution in [3.63, 3.8) is 0 Å². The van der Waals surface area contributed by atoms with Gasteiger partial charge >= 0.3 is 0 Å². The quantitative estimate of drug-likeness (QED) is 0.140. The second-order valence-electron chi connectivity index (χ2n) is 12.3. The highest BCUT2D eigenvalue weighted by molar-refractivity contribution is 5.81. The Morgan fingerprint density at radius 1 is 0.455 bits per heavy atom. The molecule has 214 valence electrons. The van der Waals surface area contributed by atoms with Crippen molar-refractivity contribution in [1.82, 2.24) is 0 Å². The van der Waals surface area contributed by atoms with Crippen LogP contribution in [0.25, 0.3) is 22.3 Å². The van der Waals surface area contributed by atoms with Gasteiger partial charge < -0.3 is 0 Å². The van der Waals surface area contributed by atoms with Crippen LogP contribution in [0.5, 0.6) is 11.5 Å². The highest BCUT2D eigenvalue weighted by Gasteiger charge is 2.28. The maximum absolute atomic E-state index is 6.63. The zero-order valence-corrected chi connectivity index (χ0v) is 25.2. The maximum Gasteiger partial charge on any atom is 0.186 e. The van der Waals surface area contributed by atoms with Gasteiger partial charge in [0.2, 0.25) is 0 Å². The fourth-order valence-electron chi connectivity index (χ4n) is 7.12. The normalized spacial score (nSPS) is 12.3. The van der Waals surface area contributed by atoms with Crippen molar-refractivity contribution < 1.29 is 9.78 Å². The van der Waals surface area contributed by atoms with Crippen molar-refractivity contribution in [2.75, 3.05) is 0 Å². The zero-order valence-electron chi connectivity index (χ0n) is 25.2. The van der Waals surface area contributed by atoms with Crippen LogP contribution in [0.15, 0.2) is 121 Å². The Labute approximate surface area is 259 Å². The molecule has 2 heteroatoms. The molecule has 0 aliphatic heterocycles. The molecule has 0 aromatic heterocycles. The van der Waals surface area contributed by atoms with Crippen LogP contribution in [-0.4, -0.2) is 0 Å². The van der Waals surface area contributed by atoms with Gasteiger partial charge in [-0.25, -0.2) is 0 Å². The average Bonchev–Trinajstić information content (AvgIpc) is 3.60. The van der Waals surface area contributed by atoms with Crippen LogP contribution < -0.4 is 9.78 Å². The zero-order chi connectivity index (χ0) is 29.6. The van der Waals surface area contributed by atoms with E-state index in [0.29, 0.717) is 0 Å². The first-order valence-corrected chi connectivity index (χ1v) is 15.5. The summed E-state index contributed by atoms with van der Waals surface area (Å²) in [7, 11) is 0. The van der Waals surface area contributed by atoms with Gasteiger partial charge in [-0.3, -0.25) is 9.78 Å². The molecular weight excluding hydrogens is 536 g/mol. The Morgan fingerprint density at radius 2 is 0.909 bits per heavy atom. The summed E-state index contributed by atoms with van der Waals surface area (Å²) in [6, 6.07) is 43.8. The van der Waals surface area contributed by atoms with Gasteiger partial charge in [-0.15, -0.1) is 0 Å². The van der Waals surface area contributed by atoms with E-state index in [0.717, 1.165) is 48.3 Å². The van der Waals surface area contributed by atoms with Crippen LogP contribution in [0.2, 0.25) is 0 Å². The lowest BCUT2D eigenvalue weighted by Crippen LogP contribution is -2.10. The molecule has 0 heterocycles. The first-order valence-electron chi connectivity index (χ1n) is 15.5. The van der Waals surface area contributed by atoms with E-state index in [1.807, 2.05) is 0 Å². The third-order valence-corrected chi connectivity index (χ3v) is 9.20. The van der Waals surface area contributed by atoms with Crippen LogP contribution in [-0.2, 0) is 25.7 Å². The van der Waals surface area contributed by atoms with Gasteiger partial charge in [0.1, 0.15) is 0 Å². The molecule has 2 aliphatic rings. The molecular formula is C42H34O2. The number of hydrogen-bond donors (Lipinski definition) is 0. The minimum atomic E-state index is 0.776. The molecule has 0 saturated carbocycles. The Morgan fingerprint density at radius 3 is 1.36 bits per heavy atom. The molecule has 0 radical (unpaired) electrons. The Hall–Kier alpha value is -5.08. The van der Waals surface area contributed by atoms with Crippen LogP contribution in [0.3, 0.4) is 0 Å². The predicted molar refractivity (Wildman–Crippen MR) is 179 cm³/mol. The van der Waals surface area contributed by atoms with Gasteiger partial charge in [-0.2, -0.15) is 0 Å². The van der Waals surface area contributed by atoms with Gasteiger partial charge in [0.05, 0.1) is 0 Å². The van der Waals surface area contributed by atoms with Gasteiger partial charge in [-0.05, 0) is 58.4 Å². The summed E-state index contributed by atoms with van der Waals surface area (Å²) < 4.78 is 0. The molecule has 0 spiro atoms. The lowest BCUT2D eigenvalue weighted by Gasteiger charge is -2.19. The third-order valence-electron chi connectivity index (χ3n) is 9.20. The maximum atomic E-state index is 6.63. The predicted octanol–water partition coefficient (Wildman–Crippen LogP) is 10.0. The molecule has 0 N–H and O–H groups in total. The topological polar surface area (TPSA) is 18.5 Å². The largest absolute Gasteiger partial charge is 0.289 e. The molecule has 2 aliphatic carbocycles. The molecule has 6 aromatic carbocycles. The van der Waals surface area contributed by atoms with Crippen LogP contribution >= 0.6 is 0 Å². The molecule has 0 saturated heterocycles. The summed E-state index contributed by atoms with van der Waals surface area (Å²) in [4.78, 5) is 13.3. The van der Waals surface area contributed by atoms with Crippen molar-refractivity contribution in [3.8, 4) is 33.8 Å². The van der Waals surface area contributed by atoms with Gasteiger partial charge in [0, 0.05) is 47.9 Å². The van der Waals surface area contributed by atoms with Crippen LogP contribution in [0.1, 0.15) is 55.6 Å². The van der Waals surface area contributed by atoms with E-state index in [1.165, 1.54) is 66.8 Å². The van der Waals surface area contributed by atoms with E-state index in [9.17, 15) is 0 Å². The average molecular weight is 571 g/mol. The molecule has 44 heavy (non-hydrogen) atoms. The fourth-order valence-corrected chi connectivity index (χ4v) is 7.12. The number of benzene rings is 6. The molecule has 0 bridgehead atoms. The van der Waals surface area contributed by atoms with Gasteiger partial charge in [-0.1, -0.05) is 132 Å². The Bertz CT molecular complexity index is 1900. The van der Waals surface area contributed by atoms with E-state index in [-0.39, 0.29) is 0 Å². The van der Waals surface area contributed by atoms with Crippen LogP contribution in [0.4, 0.5) is 0 Å². The fraction of sp³-hybridized carbons (Fsp3) is 0.143. The summed E-state index contributed by atoms with van der Waals surface area (Å²) in [5.74, 6) is 1.68. The monoisotopic (exact) mass is 570 g/mol. The highest BCUT2D eigenvalue weighted by Crippen LogP contribution is 2.46. The smallest absolute Gasteiger partial charge is 0.186 e. The van der Waals surface area contributed by atoms with E-state index in [1.54, 1.807) is 0 Å². The van der Waals surface area contributed by atoms with Crippen molar-refractivity contribution in [3.05, 3.63) is 177 Å². The summed E-state index contributed by atoms with van der Waals surface area (Å²) in [6.45, 7) is 4.29. The third kappa shape index (κ3) is 4.77. The van der Waals surface area contributed by atoms with Gasteiger partial charge in [0.25, 0.3) is 0 Å². The Kier molecular flexibility index (Phi) is 6.56. The summed E-state index contributed by atoms with van der Waals surface area (Å²) in [5.41, 5.74) is 17.4. The van der Waals surface area contributed by atoms with E-state index in [4.69, 9.17) is 9.78 Å². The molecule has 6 aromatic rings. The minimum Gasteiger partial charge on any atom is -0.289 e. The van der Waals surface area contributed by atoms with Crippen molar-refractivity contribution in [2.45, 2.75) is 39.5 Å². The lowest BCUT2D eigenvalue weighted by molar-refractivity contribution is -0.103. The number of aryl methyl sites for hydroxylation is 2. The van der Waals surface area contributed by atoms with Crippen molar-refractivity contribution in [1.29, 1.82) is 0 Å². The lowest BCUT2D eigenvalue weighted by atomic mass is 9.97. The SMILES string of the molecule is Cc1cccc(Cc2ccc3c(c2OOc2c(Cc4cccc(C)c4)ccc4c2Cc2ccccc2-4)Cc2ccccc2-3)c1. The second-order valence-corrected chi connectivity index (χ2v) is 12.3. The first kappa shape index (κ1) is 26.5. The van der Waals surface area contributed by atoms with E-state index in [2.05, 4.69) is 135 Å². The summed E-state index contributed by atoms with van der Waals surface area (Å²) >= 11 is 0. The Balaban J connectivity index is 1.22. The number of fused-ring (bicyclic) bond motifs is 6. The second kappa shape index (κ2) is 10.9. The molecule has 0 unspecified atom stereocenters. The number of rotatable bonds is 7. The van der Waals surface area contributed by atoms with Crippen molar-refractivity contribution in [2.24, 2.45) is 0 Å².